The zero-order valence-electron chi connectivity index (χ0n) is 57.7. The predicted molar refractivity (Wildman–Crippen MR) is 428 cm³/mol. The van der Waals surface area contributed by atoms with Crippen molar-refractivity contribution in [2.75, 3.05) is 0 Å². The van der Waals surface area contributed by atoms with Gasteiger partial charge in [-0.3, -0.25) is 0 Å². The second-order valence-corrected chi connectivity index (χ2v) is 30.0. The molecule has 0 saturated carbocycles. The lowest BCUT2D eigenvalue weighted by atomic mass is 9.87. The molecule has 15 aromatic carbocycles. The Morgan fingerprint density at radius 3 is 0.909 bits per heavy atom. The minimum Gasteiger partial charge on any atom is -0.308 e. The molecule has 4 aromatic heterocycles. The van der Waals surface area contributed by atoms with E-state index >= 15 is 0 Å². The van der Waals surface area contributed by atoms with Gasteiger partial charge in [-0.15, -0.1) is 0 Å². The summed E-state index contributed by atoms with van der Waals surface area (Å²) < 4.78 is 5.17. The van der Waals surface area contributed by atoms with E-state index in [9.17, 15) is 0 Å². The van der Waals surface area contributed by atoms with E-state index in [4.69, 9.17) is 0 Å². The van der Waals surface area contributed by atoms with E-state index < -0.39 is 0 Å². The smallest absolute Gasteiger partial charge is 0.0620 e. The fraction of sp³-hybridized carbons (Fsp3) is 0.155. The van der Waals surface area contributed by atoms with Crippen LogP contribution in [0.25, 0.3) is 175 Å². The molecule has 0 aliphatic carbocycles. The number of benzene rings is 15. The molecule has 0 amide bonds. The Kier molecular flexibility index (Phi) is 13.6. The average molecular weight is 1270 g/mol. The fourth-order valence-corrected chi connectivity index (χ4v) is 17.1. The molecule has 0 aliphatic rings. The van der Waals surface area contributed by atoms with Gasteiger partial charge in [0.2, 0.25) is 0 Å². The number of hydrogen-bond acceptors (Lipinski definition) is 0. The van der Waals surface area contributed by atoms with Gasteiger partial charge < -0.3 is 8.80 Å². The minimum absolute atomic E-state index is 0.357. The molecule has 2 atom stereocenters. The summed E-state index contributed by atoms with van der Waals surface area (Å²) in [5.41, 5.74) is 27.0. The summed E-state index contributed by atoms with van der Waals surface area (Å²) in [4.78, 5) is 0. The van der Waals surface area contributed by atoms with Crippen molar-refractivity contribution in [3.63, 3.8) is 0 Å². The monoisotopic (exact) mass is 1270 g/mol. The lowest BCUT2D eigenvalue weighted by Crippen LogP contribution is -1.99. The maximum absolute atomic E-state index is 2.59. The molecule has 0 radical (unpaired) electrons. The van der Waals surface area contributed by atoms with Crippen molar-refractivity contribution in [3.05, 3.63) is 301 Å². The second-order valence-electron chi connectivity index (χ2n) is 30.0. The highest BCUT2D eigenvalue weighted by Crippen LogP contribution is 2.49. The third-order valence-corrected chi connectivity index (χ3v) is 22.8. The Hall–Kier alpha value is -11.1. The first-order valence-corrected chi connectivity index (χ1v) is 36.1. The van der Waals surface area contributed by atoms with E-state index in [1.54, 1.807) is 0 Å². The van der Waals surface area contributed by atoms with E-state index in [-0.39, 0.29) is 0 Å². The van der Waals surface area contributed by atoms with Crippen molar-refractivity contribution in [2.24, 2.45) is 0 Å². The van der Waals surface area contributed by atoms with Crippen LogP contribution >= 0.6 is 0 Å². The second kappa shape index (κ2) is 22.8. The van der Waals surface area contributed by atoms with Crippen LogP contribution < -0.4 is 0 Å². The first kappa shape index (κ1) is 59.2. The van der Waals surface area contributed by atoms with Gasteiger partial charge in [0.05, 0.1) is 33.1 Å². The Morgan fingerprint density at radius 1 is 0.222 bits per heavy atom. The van der Waals surface area contributed by atoms with Gasteiger partial charge in [-0.2, -0.15) is 0 Å². The molecular formula is C97H78N2. The third kappa shape index (κ3) is 9.65. The van der Waals surface area contributed by atoms with Crippen molar-refractivity contribution in [1.29, 1.82) is 0 Å². The molecule has 2 unspecified atom stereocenters. The molecule has 2 nitrogen and oxygen atoms in total. The van der Waals surface area contributed by atoms with Crippen molar-refractivity contribution in [2.45, 2.75) is 97.8 Å². The maximum Gasteiger partial charge on any atom is 0.0620 e. The van der Waals surface area contributed by atoms with Crippen LogP contribution in [-0.2, 0) is 0 Å². The van der Waals surface area contributed by atoms with E-state index in [1.807, 2.05) is 0 Å². The van der Waals surface area contributed by atoms with Gasteiger partial charge in [-0.05, 0) is 266 Å². The quantitative estimate of drug-likeness (QED) is 0.109. The lowest BCUT2D eigenvalue weighted by molar-refractivity contribution is 0.574. The largest absolute Gasteiger partial charge is 0.308 e. The van der Waals surface area contributed by atoms with Gasteiger partial charge in [-0.1, -0.05) is 231 Å². The van der Waals surface area contributed by atoms with Crippen LogP contribution in [0.5, 0.6) is 0 Å². The molecule has 19 rings (SSSR count). The number of nitrogens with zero attached hydrogens (tertiary/aromatic N) is 2. The van der Waals surface area contributed by atoms with Gasteiger partial charge in [0.15, 0.2) is 0 Å². The molecule has 99 heavy (non-hydrogen) atoms. The standard InChI is InChI=1S/C97H78N2/c1-56(2)64-26-30-69-52-92-84(44-76(69)36-64)88-48-80(75-41-73(62-20-14-10-15-21-62)40-74(42-75)63-22-16-11-17-23-63)49-89-85-46-78-38-66(28-32-71(78)54-93(85)98(92)96(88)89)59(7)24-25-60(8)67-29-33-72-55-95-87(47-79(72)39-67)91-51-81(83-43-68(34-35-82(83)58(5)6)61-18-12-9-13-19-61)50-90-86-45-77-37-65(57(3)4)27-31-70(77)53-94(86)99(95)97(90)91/h9-23,26-60H,24-25H2,1-8H3. The van der Waals surface area contributed by atoms with Crippen LogP contribution in [0.1, 0.15) is 126 Å². The molecule has 2 heteroatoms. The number of fused-ring (bicyclic) bond motifs is 16. The van der Waals surface area contributed by atoms with Gasteiger partial charge in [0, 0.05) is 43.1 Å². The molecule has 0 bridgehead atoms. The molecule has 4 heterocycles. The molecule has 0 aliphatic heterocycles. The van der Waals surface area contributed by atoms with Crippen LogP contribution in [0.4, 0.5) is 0 Å². The van der Waals surface area contributed by atoms with Crippen LogP contribution in [0.15, 0.2) is 273 Å². The Labute approximate surface area is 578 Å². The van der Waals surface area contributed by atoms with Crippen LogP contribution in [-0.4, -0.2) is 8.80 Å². The van der Waals surface area contributed by atoms with Gasteiger partial charge in [0.1, 0.15) is 0 Å². The normalized spacial score (nSPS) is 13.1. The topological polar surface area (TPSA) is 8.82 Å². The van der Waals surface area contributed by atoms with E-state index in [0.717, 1.165) is 12.8 Å². The van der Waals surface area contributed by atoms with Crippen molar-refractivity contribution in [1.82, 2.24) is 8.80 Å². The zero-order chi connectivity index (χ0) is 66.6. The zero-order valence-corrected chi connectivity index (χ0v) is 57.7. The lowest BCUT2D eigenvalue weighted by Gasteiger charge is -2.18. The summed E-state index contributed by atoms with van der Waals surface area (Å²) >= 11 is 0. The fourth-order valence-electron chi connectivity index (χ4n) is 17.1. The summed E-state index contributed by atoms with van der Waals surface area (Å²) in [7, 11) is 0. The summed E-state index contributed by atoms with van der Waals surface area (Å²) in [5.74, 6) is 2.02. The van der Waals surface area contributed by atoms with E-state index in [0.29, 0.717) is 29.6 Å². The highest BCUT2D eigenvalue weighted by molar-refractivity contribution is 6.29. The highest BCUT2D eigenvalue weighted by atomic mass is 14.9. The number of hydrogen-bond donors (Lipinski definition) is 0. The molecular weight excluding hydrogens is 1190 g/mol. The Balaban J connectivity index is 0.689. The Morgan fingerprint density at radius 2 is 0.545 bits per heavy atom. The maximum atomic E-state index is 2.59. The summed E-state index contributed by atoms with van der Waals surface area (Å²) in [6.45, 7) is 18.7. The van der Waals surface area contributed by atoms with Crippen molar-refractivity contribution >= 4 is 119 Å². The van der Waals surface area contributed by atoms with Gasteiger partial charge in [-0.25, -0.2) is 0 Å². The number of aromatic nitrogens is 2. The van der Waals surface area contributed by atoms with Gasteiger partial charge in [0.25, 0.3) is 0 Å². The molecule has 0 N–H and O–H groups in total. The summed E-state index contributed by atoms with van der Waals surface area (Å²) in [5, 5.41) is 20.7. The molecule has 0 fully saturated rings. The third-order valence-electron chi connectivity index (χ3n) is 22.8. The van der Waals surface area contributed by atoms with Crippen molar-refractivity contribution < 1.29 is 0 Å². The number of rotatable bonds is 13. The highest BCUT2D eigenvalue weighted by Gasteiger charge is 2.25. The average Bonchev–Trinajstić information content (AvgIpc) is 1.54. The minimum atomic E-state index is 0.357. The van der Waals surface area contributed by atoms with Crippen LogP contribution in [0.3, 0.4) is 0 Å². The van der Waals surface area contributed by atoms with Crippen molar-refractivity contribution in [3.8, 4) is 55.6 Å². The van der Waals surface area contributed by atoms with Crippen LogP contribution in [0, 0.1) is 0 Å². The van der Waals surface area contributed by atoms with Crippen LogP contribution in [0.2, 0.25) is 0 Å². The molecule has 476 valence electrons. The summed E-state index contributed by atoms with van der Waals surface area (Å²) in [6, 6.07) is 106. The van der Waals surface area contributed by atoms with E-state index in [2.05, 4.69) is 337 Å². The SMILES string of the molecule is CC(C)c1ccc2cc3c(cc2c1)c1cc(-c2cc(-c4ccccc4)cc(-c4ccccc4)c2)cc2c4cc5cc(C(C)CCC(C)c6ccc7cc8c(cc7c6)c6cc(-c7cc(-c9ccccc9)ccc7C(C)C)cc7c9cc%10cc(C(C)C)ccc%10cc9n8c76)ccc5cc4n3c12. The first-order valence-electron chi connectivity index (χ1n) is 36.1. The Bertz CT molecular complexity index is 6400. The summed E-state index contributed by atoms with van der Waals surface area (Å²) in [6.07, 6.45) is 2.18. The molecule has 0 saturated heterocycles. The predicted octanol–water partition coefficient (Wildman–Crippen LogP) is 28.0. The molecule has 19 aromatic rings. The van der Waals surface area contributed by atoms with Gasteiger partial charge >= 0.3 is 0 Å². The first-order chi connectivity index (χ1) is 48.3. The molecule has 0 spiro atoms. The van der Waals surface area contributed by atoms with E-state index in [1.165, 1.54) is 203 Å².